The predicted octanol–water partition coefficient (Wildman–Crippen LogP) is 3.98. The SMILES string of the molecule is CC(C)n1c(CBr)nnc1CC(C)C(C)(C)C. The molecule has 0 aliphatic rings. The first-order chi connectivity index (χ1) is 7.77. The molecule has 98 valence electrons. The average molecular weight is 302 g/mol. The van der Waals surface area contributed by atoms with E-state index in [0.29, 0.717) is 17.4 Å². The van der Waals surface area contributed by atoms with E-state index in [2.05, 4.69) is 72.2 Å². The molecule has 0 spiro atoms. The van der Waals surface area contributed by atoms with Gasteiger partial charge in [0.05, 0.1) is 5.33 Å². The molecule has 0 saturated heterocycles. The van der Waals surface area contributed by atoms with E-state index in [0.717, 1.165) is 23.4 Å². The Morgan fingerprint density at radius 1 is 1.12 bits per heavy atom. The number of rotatable bonds is 4. The average Bonchev–Trinajstić information content (AvgIpc) is 2.59. The molecule has 0 aromatic carbocycles. The third kappa shape index (κ3) is 3.54. The van der Waals surface area contributed by atoms with E-state index in [1.807, 2.05) is 0 Å². The first kappa shape index (κ1) is 14.7. The minimum absolute atomic E-state index is 0.308. The second kappa shape index (κ2) is 5.51. The normalized spacial score (nSPS) is 14.4. The fourth-order valence-electron chi connectivity index (χ4n) is 1.77. The van der Waals surface area contributed by atoms with Crippen LogP contribution < -0.4 is 0 Å². The van der Waals surface area contributed by atoms with Gasteiger partial charge >= 0.3 is 0 Å². The van der Waals surface area contributed by atoms with E-state index in [1.54, 1.807) is 0 Å². The second-order valence-corrected chi connectivity index (χ2v) is 6.66. The van der Waals surface area contributed by atoms with Crippen LogP contribution in [0.15, 0.2) is 0 Å². The van der Waals surface area contributed by atoms with Crippen LogP contribution in [0.5, 0.6) is 0 Å². The standard InChI is InChI=1S/C13H24BrN3/c1-9(2)17-11(15-16-12(17)8-14)7-10(3)13(4,5)6/h9-10H,7-8H2,1-6H3. The maximum Gasteiger partial charge on any atom is 0.143 e. The van der Waals surface area contributed by atoms with Crippen LogP contribution in [0.3, 0.4) is 0 Å². The monoisotopic (exact) mass is 301 g/mol. The summed E-state index contributed by atoms with van der Waals surface area (Å²) in [6.07, 6.45) is 0.988. The van der Waals surface area contributed by atoms with Gasteiger partial charge in [-0.05, 0) is 25.2 Å². The van der Waals surface area contributed by atoms with Crippen LogP contribution in [0.4, 0.5) is 0 Å². The van der Waals surface area contributed by atoms with Crippen LogP contribution in [0, 0.1) is 11.3 Å². The highest BCUT2D eigenvalue weighted by molar-refractivity contribution is 9.08. The van der Waals surface area contributed by atoms with Gasteiger partial charge in [-0.25, -0.2) is 0 Å². The van der Waals surface area contributed by atoms with E-state index < -0.39 is 0 Å². The van der Waals surface area contributed by atoms with Gasteiger partial charge in [-0.15, -0.1) is 10.2 Å². The molecule has 1 aromatic rings. The molecular formula is C13H24BrN3. The Labute approximate surface area is 113 Å². The molecule has 0 bridgehead atoms. The lowest BCUT2D eigenvalue weighted by Gasteiger charge is -2.27. The highest BCUT2D eigenvalue weighted by Crippen LogP contribution is 2.29. The summed E-state index contributed by atoms with van der Waals surface area (Å²) in [5.41, 5.74) is 0.308. The molecule has 17 heavy (non-hydrogen) atoms. The van der Waals surface area contributed by atoms with Crippen LogP contribution >= 0.6 is 15.9 Å². The van der Waals surface area contributed by atoms with Gasteiger partial charge in [0.25, 0.3) is 0 Å². The van der Waals surface area contributed by atoms with Crippen molar-refractivity contribution in [2.24, 2.45) is 11.3 Å². The summed E-state index contributed by atoms with van der Waals surface area (Å²) in [6.45, 7) is 13.5. The van der Waals surface area contributed by atoms with Crippen molar-refractivity contribution >= 4 is 15.9 Å². The molecule has 1 atom stereocenters. The molecule has 0 fully saturated rings. The first-order valence-corrected chi connectivity index (χ1v) is 7.38. The maximum absolute atomic E-state index is 4.34. The number of alkyl halides is 1. The smallest absolute Gasteiger partial charge is 0.143 e. The lowest BCUT2D eigenvalue weighted by atomic mass is 9.80. The lowest BCUT2D eigenvalue weighted by molar-refractivity contribution is 0.253. The summed E-state index contributed by atoms with van der Waals surface area (Å²) in [5, 5.41) is 9.37. The highest BCUT2D eigenvalue weighted by Gasteiger charge is 2.23. The molecule has 4 heteroatoms. The molecule has 1 rings (SSSR count). The fraction of sp³-hybridized carbons (Fsp3) is 0.846. The van der Waals surface area contributed by atoms with Crippen molar-refractivity contribution in [1.29, 1.82) is 0 Å². The highest BCUT2D eigenvalue weighted by atomic mass is 79.9. The van der Waals surface area contributed by atoms with Crippen LogP contribution in [-0.2, 0) is 11.8 Å². The minimum Gasteiger partial charge on any atom is -0.312 e. The van der Waals surface area contributed by atoms with Gasteiger partial charge < -0.3 is 4.57 Å². The Morgan fingerprint density at radius 3 is 2.06 bits per heavy atom. The summed E-state index contributed by atoms with van der Waals surface area (Å²) in [6, 6.07) is 0.416. The number of hydrogen-bond donors (Lipinski definition) is 0. The topological polar surface area (TPSA) is 30.7 Å². The van der Waals surface area contributed by atoms with Crippen LogP contribution in [0.2, 0.25) is 0 Å². The summed E-state index contributed by atoms with van der Waals surface area (Å²) in [7, 11) is 0. The van der Waals surface area contributed by atoms with Gasteiger partial charge in [0.1, 0.15) is 11.6 Å². The fourth-order valence-corrected chi connectivity index (χ4v) is 2.15. The van der Waals surface area contributed by atoms with Gasteiger partial charge in [-0.3, -0.25) is 0 Å². The van der Waals surface area contributed by atoms with Gasteiger partial charge in [-0.2, -0.15) is 0 Å². The summed E-state index contributed by atoms with van der Waals surface area (Å²) in [5.74, 6) is 2.72. The summed E-state index contributed by atoms with van der Waals surface area (Å²) < 4.78 is 2.25. The Bertz CT molecular complexity index is 363. The van der Waals surface area contributed by atoms with Gasteiger partial charge in [-0.1, -0.05) is 43.6 Å². The lowest BCUT2D eigenvalue weighted by Crippen LogP contribution is -2.22. The molecule has 1 heterocycles. The van der Waals surface area contributed by atoms with E-state index in [1.165, 1.54) is 0 Å². The number of halogens is 1. The maximum atomic E-state index is 4.34. The molecule has 0 N–H and O–H groups in total. The van der Waals surface area contributed by atoms with Crippen molar-refractivity contribution in [3.05, 3.63) is 11.6 Å². The Kier molecular flexibility index (Phi) is 4.76. The van der Waals surface area contributed by atoms with Gasteiger partial charge in [0, 0.05) is 12.5 Å². The molecule has 0 saturated carbocycles. The van der Waals surface area contributed by atoms with Crippen molar-refractivity contribution in [3.63, 3.8) is 0 Å². The summed E-state index contributed by atoms with van der Waals surface area (Å²) in [4.78, 5) is 0. The number of nitrogens with zero attached hydrogens (tertiary/aromatic N) is 3. The number of hydrogen-bond acceptors (Lipinski definition) is 2. The third-order valence-corrected chi connectivity index (χ3v) is 3.94. The quantitative estimate of drug-likeness (QED) is 0.788. The zero-order valence-corrected chi connectivity index (χ0v) is 13.4. The molecule has 1 aromatic heterocycles. The van der Waals surface area contributed by atoms with Crippen molar-refractivity contribution in [1.82, 2.24) is 14.8 Å². The van der Waals surface area contributed by atoms with Crippen molar-refractivity contribution in [3.8, 4) is 0 Å². The van der Waals surface area contributed by atoms with E-state index in [-0.39, 0.29) is 0 Å². The van der Waals surface area contributed by atoms with Crippen molar-refractivity contribution < 1.29 is 0 Å². The molecule has 0 radical (unpaired) electrons. The van der Waals surface area contributed by atoms with Crippen molar-refractivity contribution in [2.75, 3.05) is 0 Å². The Morgan fingerprint density at radius 2 is 1.65 bits per heavy atom. The second-order valence-electron chi connectivity index (χ2n) is 6.10. The summed E-state index contributed by atoms with van der Waals surface area (Å²) >= 11 is 3.47. The Hall–Kier alpha value is -0.380. The van der Waals surface area contributed by atoms with Crippen LogP contribution in [-0.4, -0.2) is 14.8 Å². The van der Waals surface area contributed by atoms with E-state index in [9.17, 15) is 0 Å². The molecule has 0 aliphatic heterocycles. The molecule has 1 unspecified atom stereocenters. The van der Waals surface area contributed by atoms with E-state index in [4.69, 9.17) is 0 Å². The molecule has 0 amide bonds. The minimum atomic E-state index is 0.308. The zero-order valence-electron chi connectivity index (χ0n) is 11.8. The molecule has 3 nitrogen and oxygen atoms in total. The van der Waals surface area contributed by atoms with E-state index >= 15 is 0 Å². The molecule has 0 aliphatic carbocycles. The first-order valence-electron chi connectivity index (χ1n) is 6.26. The Balaban J connectivity index is 2.95. The van der Waals surface area contributed by atoms with Gasteiger partial charge in [0.2, 0.25) is 0 Å². The third-order valence-electron chi connectivity index (χ3n) is 3.44. The zero-order chi connectivity index (χ0) is 13.2. The predicted molar refractivity (Wildman–Crippen MR) is 75.4 cm³/mol. The van der Waals surface area contributed by atoms with Crippen LogP contribution in [0.25, 0.3) is 0 Å². The number of aromatic nitrogens is 3. The van der Waals surface area contributed by atoms with Crippen LogP contribution in [0.1, 0.15) is 59.2 Å². The van der Waals surface area contributed by atoms with Crippen molar-refractivity contribution in [2.45, 2.75) is 59.3 Å². The van der Waals surface area contributed by atoms with Gasteiger partial charge in [0.15, 0.2) is 0 Å². The largest absolute Gasteiger partial charge is 0.312 e. The molecular weight excluding hydrogens is 278 g/mol.